The summed E-state index contributed by atoms with van der Waals surface area (Å²) in [5.74, 6) is 0.797. The fraction of sp³-hybridized carbons (Fsp3) is 0.250. The molecule has 4 nitrogen and oxygen atoms in total. The number of fused-ring (bicyclic) bond motifs is 1. The van der Waals surface area contributed by atoms with Crippen LogP contribution in [0.3, 0.4) is 0 Å². The zero-order valence-corrected chi connectivity index (χ0v) is 9.56. The molecule has 0 unspecified atom stereocenters. The first kappa shape index (κ1) is 10.5. The van der Waals surface area contributed by atoms with Gasteiger partial charge in [-0.15, -0.1) is 0 Å². The maximum Gasteiger partial charge on any atom is 0.119 e. The molecule has 0 atom stereocenters. The zero-order chi connectivity index (χ0) is 11.7. The van der Waals surface area contributed by atoms with Crippen LogP contribution in [0.25, 0.3) is 10.9 Å². The second-order valence-electron chi connectivity index (χ2n) is 3.72. The van der Waals surface area contributed by atoms with E-state index in [1.54, 1.807) is 14.0 Å². The van der Waals surface area contributed by atoms with Crippen molar-refractivity contribution in [1.82, 2.24) is 4.57 Å². The van der Waals surface area contributed by atoms with Gasteiger partial charge in [0, 0.05) is 29.7 Å². The quantitative estimate of drug-likeness (QED) is 0.478. The van der Waals surface area contributed by atoms with Gasteiger partial charge >= 0.3 is 0 Å². The maximum absolute atomic E-state index is 8.83. The van der Waals surface area contributed by atoms with Crippen molar-refractivity contribution in [3.8, 4) is 5.75 Å². The number of nitrogens with zero attached hydrogens (tertiary/aromatic N) is 2. The first-order valence-electron chi connectivity index (χ1n) is 4.99. The number of aryl methyl sites for hydroxylation is 1. The molecule has 0 saturated heterocycles. The van der Waals surface area contributed by atoms with Crippen LogP contribution in [-0.2, 0) is 7.05 Å². The SMILES string of the molecule is COc1ccc2c(c1)c(/C(C)=N/O)cn2C. The Hall–Kier alpha value is -1.97. The largest absolute Gasteiger partial charge is 0.497 e. The van der Waals surface area contributed by atoms with Crippen LogP contribution in [0.5, 0.6) is 5.75 Å². The van der Waals surface area contributed by atoms with Gasteiger partial charge in [-0.25, -0.2) is 0 Å². The molecule has 4 heteroatoms. The third kappa shape index (κ3) is 1.52. The first-order chi connectivity index (χ1) is 7.67. The molecule has 0 saturated carbocycles. The second-order valence-corrected chi connectivity index (χ2v) is 3.72. The summed E-state index contributed by atoms with van der Waals surface area (Å²) < 4.78 is 7.19. The van der Waals surface area contributed by atoms with E-state index in [1.807, 2.05) is 36.0 Å². The highest BCUT2D eigenvalue weighted by Crippen LogP contribution is 2.25. The van der Waals surface area contributed by atoms with Gasteiger partial charge in [0.15, 0.2) is 0 Å². The molecule has 0 amide bonds. The summed E-state index contributed by atoms with van der Waals surface area (Å²) >= 11 is 0. The molecule has 1 N–H and O–H groups in total. The zero-order valence-electron chi connectivity index (χ0n) is 9.56. The molecular formula is C12H14N2O2. The Bertz CT molecular complexity index is 555. The lowest BCUT2D eigenvalue weighted by Crippen LogP contribution is -1.92. The van der Waals surface area contributed by atoms with E-state index in [0.29, 0.717) is 5.71 Å². The molecule has 2 rings (SSSR count). The summed E-state index contributed by atoms with van der Waals surface area (Å²) in [6.45, 7) is 1.77. The van der Waals surface area contributed by atoms with Crippen molar-refractivity contribution in [2.75, 3.05) is 7.11 Å². The minimum atomic E-state index is 0.596. The van der Waals surface area contributed by atoms with Gasteiger partial charge in [-0.05, 0) is 25.1 Å². The fourth-order valence-electron chi connectivity index (χ4n) is 1.84. The van der Waals surface area contributed by atoms with Gasteiger partial charge < -0.3 is 14.5 Å². The highest BCUT2D eigenvalue weighted by atomic mass is 16.5. The smallest absolute Gasteiger partial charge is 0.119 e. The normalized spacial score (nSPS) is 12.1. The summed E-state index contributed by atoms with van der Waals surface area (Å²) in [4.78, 5) is 0. The summed E-state index contributed by atoms with van der Waals surface area (Å²) in [7, 11) is 3.60. The molecule has 1 aromatic heterocycles. The predicted molar refractivity (Wildman–Crippen MR) is 63.5 cm³/mol. The monoisotopic (exact) mass is 218 g/mol. The van der Waals surface area contributed by atoms with Crippen LogP contribution in [0.2, 0.25) is 0 Å². The van der Waals surface area contributed by atoms with Gasteiger partial charge in [0.1, 0.15) is 5.75 Å². The standard InChI is InChI=1S/C12H14N2O2/c1-8(13-15)11-7-14(2)12-5-4-9(16-3)6-10(11)12/h4-7,15H,1-3H3/b13-8+. The number of methoxy groups -OCH3 is 1. The van der Waals surface area contributed by atoms with E-state index in [-0.39, 0.29) is 0 Å². The Labute approximate surface area is 93.7 Å². The number of oxime groups is 1. The van der Waals surface area contributed by atoms with Gasteiger partial charge in [0.25, 0.3) is 0 Å². The number of hydrogen-bond donors (Lipinski definition) is 1. The predicted octanol–water partition coefficient (Wildman–Crippen LogP) is 2.39. The molecule has 1 heterocycles. The number of rotatable bonds is 2. The molecule has 0 radical (unpaired) electrons. The van der Waals surface area contributed by atoms with E-state index in [4.69, 9.17) is 9.94 Å². The number of aromatic nitrogens is 1. The van der Waals surface area contributed by atoms with Gasteiger partial charge in [-0.1, -0.05) is 5.16 Å². The molecular weight excluding hydrogens is 204 g/mol. The van der Waals surface area contributed by atoms with Crippen molar-refractivity contribution in [1.29, 1.82) is 0 Å². The van der Waals surface area contributed by atoms with E-state index >= 15 is 0 Å². The Morgan fingerprint density at radius 2 is 2.19 bits per heavy atom. The third-order valence-electron chi connectivity index (χ3n) is 2.74. The van der Waals surface area contributed by atoms with Crippen LogP contribution >= 0.6 is 0 Å². The van der Waals surface area contributed by atoms with E-state index in [1.165, 1.54) is 0 Å². The van der Waals surface area contributed by atoms with Crippen molar-refractivity contribution < 1.29 is 9.94 Å². The Balaban J connectivity index is 2.75. The van der Waals surface area contributed by atoms with Crippen LogP contribution < -0.4 is 4.74 Å². The lowest BCUT2D eigenvalue weighted by molar-refractivity contribution is 0.319. The summed E-state index contributed by atoms with van der Waals surface area (Å²) in [6, 6.07) is 5.85. The molecule has 0 aliphatic heterocycles. The molecule has 2 aromatic rings. The van der Waals surface area contributed by atoms with Crippen molar-refractivity contribution >= 4 is 16.6 Å². The molecule has 0 fully saturated rings. The Morgan fingerprint density at radius 3 is 2.81 bits per heavy atom. The van der Waals surface area contributed by atoms with Crippen molar-refractivity contribution in [2.24, 2.45) is 12.2 Å². The van der Waals surface area contributed by atoms with Crippen molar-refractivity contribution in [3.05, 3.63) is 30.0 Å². The van der Waals surface area contributed by atoms with Crippen LogP contribution in [0.4, 0.5) is 0 Å². The van der Waals surface area contributed by atoms with Crippen molar-refractivity contribution in [2.45, 2.75) is 6.92 Å². The van der Waals surface area contributed by atoms with E-state index in [0.717, 1.165) is 22.2 Å². The Morgan fingerprint density at radius 1 is 1.44 bits per heavy atom. The van der Waals surface area contributed by atoms with E-state index < -0.39 is 0 Å². The van der Waals surface area contributed by atoms with E-state index in [9.17, 15) is 0 Å². The highest BCUT2D eigenvalue weighted by Gasteiger charge is 2.10. The van der Waals surface area contributed by atoms with Crippen molar-refractivity contribution in [3.63, 3.8) is 0 Å². The molecule has 0 aliphatic rings. The Kier molecular flexibility index (Phi) is 2.56. The number of hydrogen-bond acceptors (Lipinski definition) is 3. The molecule has 16 heavy (non-hydrogen) atoms. The maximum atomic E-state index is 8.83. The average molecular weight is 218 g/mol. The lowest BCUT2D eigenvalue weighted by Gasteiger charge is -2.01. The lowest BCUT2D eigenvalue weighted by atomic mass is 10.1. The minimum Gasteiger partial charge on any atom is -0.497 e. The van der Waals surface area contributed by atoms with Crippen LogP contribution in [0.1, 0.15) is 12.5 Å². The van der Waals surface area contributed by atoms with Crippen LogP contribution in [0, 0.1) is 0 Å². The molecule has 0 spiro atoms. The number of benzene rings is 1. The van der Waals surface area contributed by atoms with Crippen LogP contribution in [-0.4, -0.2) is 22.6 Å². The topological polar surface area (TPSA) is 46.8 Å². The second kappa shape index (κ2) is 3.89. The summed E-state index contributed by atoms with van der Waals surface area (Å²) in [5, 5.41) is 13.1. The minimum absolute atomic E-state index is 0.596. The highest BCUT2D eigenvalue weighted by molar-refractivity contribution is 6.09. The van der Waals surface area contributed by atoms with Gasteiger partial charge in [-0.3, -0.25) is 0 Å². The molecule has 84 valence electrons. The van der Waals surface area contributed by atoms with E-state index in [2.05, 4.69) is 5.16 Å². The van der Waals surface area contributed by atoms with Gasteiger partial charge in [0.05, 0.1) is 12.8 Å². The number of ether oxygens (including phenoxy) is 1. The average Bonchev–Trinajstić information content (AvgIpc) is 2.65. The van der Waals surface area contributed by atoms with Gasteiger partial charge in [-0.2, -0.15) is 0 Å². The first-order valence-corrected chi connectivity index (χ1v) is 4.99. The summed E-state index contributed by atoms with van der Waals surface area (Å²) in [6.07, 6.45) is 1.94. The molecule has 0 aliphatic carbocycles. The van der Waals surface area contributed by atoms with Crippen LogP contribution in [0.15, 0.2) is 29.6 Å². The fourth-order valence-corrected chi connectivity index (χ4v) is 1.84. The van der Waals surface area contributed by atoms with Gasteiger partial charge in [0.2, 0.25) is 0 Å². The third-order valence-corrected chi connectivity index (χ3v) is 2.74. The summed E-state index contributed by atoms with van der Waals surface area (Å²) in [5.41, 5.74) is 2.59. The molecule has 0 bridgehead atoms. The molecule has 1 aromatic carbocycles.